The van der Waals surface area contributed by atoms with Crippen LogP contribution in [0, 0.1) is 13.8 Å². The van der Waals surface area contributed by atoms with Crippen LogP contribution in [-0.4, -0.2) is 24.0 Å². The van der Waals surface area contributed by atoms with Crippen LogP contribution in [0.4, 0.5) is 0 Å². The first kappa shape index (κ1) is 21.9. The van der Waals surface area contributed by atoms with Gasteiger partial charge in [-0.15, -0.1) is 35.3 Å². The first-order valence-corrected chi connectivity index (χ1v) is 9.24. The van der Waals surface area contributed by atoms with Crippen LogP contribution < -0.4 is 10.6 Å². The Bertz CT molecular complexity index is 680. The van der Waals surface area contributed by atoms with E-state index in [1.807, 2.05) is 13.8 Å². The lowest BCUT2D eigenvalue weighted by Crippen LogP contribution is -2.43. The second kappa shape index (κ2) is 10.1. The minimum atomic E-state index is 0. The Morgan fingerprint density at radius 1 is 1.16 bits per heavy atom. The van der Waals surface area contributed by atoms with Crippen LogP contribution in [0.15, 0.2) is 35.3 Å². The molecule has 2 aromatic rings. The van der Waals surface area contributed by atoms with E-state index in [2.05, 4.69) is 66.7 Å². The second-order valence-corrected chi connectivity index (χ2v) is 7.83. The van der Waals surface area contributed by atoms with Gasteiger partial charge in [0, 0.05) is 23.4 Å². The Hall–Kier alpha value is -1.15. The molecule has 0 saturated heterocycles. The molecular formula is C19H29IN4S. The van der Waals surface area contributed by atoms with E-state index in [9.17, 15) is 0 Å². The maximum Gasteiger partial charge on any atom is 0.191 e. The highest BCUT2D eigenvalue weighted by atomic mass is 127. The fourth-order valence-corrected chi connectivity index (χ4v) is 3.37. The van der Waals surface area contributed by atoms with E-state index in [0.29, 0.717) is 6.54 Å². The summed E-state index contributed by atoms with van der Waals surface area (Å²) in [5.41, 5.74) is 2.44. The predicted octanol–water partition coefficient (Wildman–Crippen LogP) is 4.41. The molecule has 25 heavy (non-hydrogen) atoms. The van der Waals surface area contributed by atoms with Crippen LogP contribution in [0.3, 0.4) is 0 Å². The van der Waals surface area contributed by atoms with Crippen molar-refractivity contribution in [3.05, 3.63) is 51.5 Å². The van der Waals surface area contributed by atoms with Gasteiger partial charge in [-0.2, -0.15) is 0 Å². The number of hydrogen-bond donors (Lipinski definition) is 2. The summed E-state index contributed by atoms with van der Waals surface area (Å²) in [6, 6.07) is 10.6. The summed E-state index contributed by atoms with van der Waals surface area (Å²) in [5.74, 6) is 0.854. The number of hydrogen-bond acceptors (Lipinski definition) is 3. The van der Waals surface area contributed by atoms with Crippen molar-refractivity contribution in [2.75, 3.05) is 13.1 Å². The average Bonchev–Trinajstić information content (AvgIpc) is 2.88. The molecule has 0 atom stereocenters. The number of halogens is 1. The van der Waals surface area contributed by atoms with Crippen molar-refractivity contribution in [3.8, 4) is 0 Å². The molecule has 0 fully saturated rings. The maximum absolute atomic E-state index is 4.72. The van der Waals surface area contributed by atoms with Gasteiger partial charge in [-0.1, -0.05) is 44.2 Å². The number of rotatable bonds is 6. The normalized spacial score (nSPS) is 11.8. The molecular weight excluding hydrogens is 443 g/mol. The van der Waals surface area contributed by atoms with Gasteiger partial charge in [0.25, 0.3) is 0 Å². The summed E-state index contributed by atoms with van der Waals surface area (Å²) >= 11 is 1.72. The zero-order chi connectivity index (χ0) is 17.6. The van der Waals surface area contributed by atoms with E-state index >= 15 is 0 Å². The third-order valence-corrected chi connectivity index (χ3v) is 5.04. The fraction of sp³-hybridized carbons (Fsp3) is 0.474. The third-order valence-electron chi connectivity index (χ3n) is 3.98. The number of aromatic nitrogens is 1. The van der Waals surface area contributed by atoms with Gasteiger partial charge in [0.05, 0.1) is 17.2 Å². The van der Waals surface area contributed by atoms with E-state index < -0.39 is 0 Å². The molecule has 1 aromatic heterocycles. The van der Waals surface area contributed by atoms with Crippen LogP contribution >= 0.6 is 35.3 Å². The van der Waals surface area contributed by atoms with Crippen molar-refractivity contribution in [3.63, 3.8) is 0 Å². The zero-order valence-electron chi connectivity index (χ0n) is 15.7. The van der Waals surface area contributed by atoms with Crippen LogP contribution in [-0.2, 0) is 12.0 Å². The van der Waals surface area contributed by atoms with E-state index in [0.717, 1.165) is 29.8 Å². The molecule has 0 amide bonds. The summed E-state index contributed by atoms with van der Waals surface area (Å²) < 4.78 is 0. The molecule has 2 rings (SSSR count). The Morgan fingerprint density at radius 2 is 1.84 bits per heavy atom. The highest BCUT2D eigenvalue weighted by Crippen LogP contribution is 2.21. The molecule has 0 unspecified atom stereocenters. The van der Waals surface area contributed by atoms with Crippen LogP contribution in [0.5, 0.6) is 0 Å². The van der Waals surface area contributed by atoms with Gasteiger partial charge in [-0.05, 0) is 26.3 Å². The van der Waals surface area contributed by atoms with Gasteiger partial charge in [0.1, 0.15) is 0 Å². The van der Waals surface area contributed by atoms with E-state index in [1.54, 1.807) is 11.3 Å². The first-order chi connectivity index (χ1) is 11.4. The number of benzene rings is 1. The van der Waals surface area contributed by atoms with Gasteiger partial charge >= 0.3 is 0 Å². The molecule has 0 aliphatic rings. The molecule has 6 heteroatoms. The number of nitrogens with zero attached hydrogens (tertiary/aromatic N) is 2. The van der Waals surface area contributed by atoms with Gasteiger partial charge in [-0.3, -0.25) is 0 Å². The first-order valence-electron chi connectivity index (χ1n) is 8.43. The SMILES string of the molecule is CCNC(=NCc1sc(C)nc1C)NCC(C)(C)c1ccccc1.I. The Kier molecular flexibility index (Phi) is 8.85. The Morgan fingerprint density at radius 3 is 2.40 bits per heavy atom. The quantitative estimate of drug-likeness (QED) is 0.372. The molecule has 0 bridgehead atoms. The topological polar surface area (TPSA) is 49.3 Å². The van der Waals surface area contributed by atoms with E-state index in [4.69, 9.17) is 4.99 Å². The summed E-state index contributed by atoms with van der Waals surface area (Å²) in [4.78, 5) is 10.4. The van der Waals surface area contributed by atoms with Gasteiger partial charge < -0.3 is 10.6 Å². The standard InChI is InChI=1S/C19H28N4S.HI/c1-6-20-18(21-12-17-14(2)23-15(3)24-17)22-13-19(4,5)16-10-8-7-9-11-16;/h7-11H,6,12-13H2,1-5H3,(H2,20,21,22);1H. The highest BCUT2D eigenvalue weighted by molar-refractivity contribution is 14.0. The van der Waals surface area contributed by atoms with Crippen LogP contribution in [0.1, 0.15) is 41.9 Å². The van der Waals surface area contributed by atoms with Crippen LogP contribution in [0.2, 0.25) is 0 Å². The molecule has 2 N–H and O–H groups in total. The maximum atomic E-state index is 4.72. The number of nitrogens with one attached hydrogen (secondary N) is 2. The second-order valence-electron chi connectivity index (χ2n) is 6.54. The Labute approximate surface area is 172 Å². The molecule has 0 spiro atoms. The van der Waals surface area contributed by atoms with Crippen molar-refractivity contribution in [1.82, 2.24) is 15.6 Å². The molecule has 0 aliphatic heterocycles. The predicted molar refractivity (Wildman–Crippen MR) is 119 cm³/mol. The van der Waals surface area contributed by atoms with Gasteiger partial charge in [-0.25, -0.2) is 9.98 Å². The van der Waals surface area contributed by atoms with E-state index in [-0.39, 0.29) is 29.4 Å². The summed E-state index contributed by atoms with van der Waals surface area (Å²) in [6.07, 6.45) is 0. The van der Waals surface area contributed by atoms with Crippen LogP contribution in [0.25, 0.3) is 0 Å². The fourth-order valence-electron chi connectivity index (χ4n) is 2.51. The highest BCUT2D eigenvalue weighted by Gasteiger charge is 2.20. The molecule has 0 saturated carbocycles. The summed E-state index contributed by atoms with van der Waals surface area (Å²) in [5, 5.41) is 7.90. The molecule has 0 aliphatic carbocycles. The minimum Gasteiger partial charge on any atom is -0.357 e. The van der Waals surface area contributed by atoms with Gasteiger partial charge in [0.2, 0.25) is 0 Å². The molecule has 4 nitrogen and oxygen atoms in total. The molecule has 138 valence electrons. The zero-order valence-corrected chi connectivity index (χ0v) is 18.9. The summed E-state index contributed by atoms with van der Waals surface area (Å²) in [7, 11) is 0. The minimum absolute atomic E-state index is 0. The molecule has 1 aromatic carbocycles. The summed E-state index contributed by atoms with van der Waals surface area (Å²) in [6.45, 7) is 13.0. The average molecular weight is 472 g/mol. The van der Waals surface area contributed by atoms with Crippen molar-refractivity contribution in [1.29, 1.82) is 0 Å². The number of aliphatic imine (C=N–C) groups is 1. The van der Waals surface area contributed by atoms with Crippen molar-refractivity contribution >= 4 is 41.3 Å². The lowest BCUT2D eigenvalue weighted by atomic mass is 9.85. The van der Waals surface area contributed by atoms with Crippen molar-refractivity contribution < 1.29 is 0 Å². The number of aryl methyl sites for hydroxylation is 2. The molecule has 1 heterocycles. The number of guanidine groups is 1. The Balaban J connectivity index is 0.00000312. The third kappa shape index (κ3) is 6.58. The monoisotopic (exact) mass is 472 g/mol. The lowest BCUT2D eigenvalue weighted by molar-refractivity contribution is 0.508. The number of thiazole rings is 1. The largest absolute Gasteiger partial charge is 0.357 e. The van der Waals surface area contributed by atoms with Crippen molar-refractivity contribution in [2.24, 2.45) is 4.99 Å². The lowest BCUT2D eigenvalue weighted by Gasteiger charge is -2.26. The van der Waals surface area contributed by atoms with Gasteiger partial charge in [0.15, 0.2) is 5.96 Å². The molecule has 0 radical (unpaired) electrons. The van der Waals surface area contributed by atoms with Crippen molar-refractivity contribution in [2.45, 2.75) is 46.6 Å². The smallest absolute Gasteiger partial charge is 0.191 e. The van der Waals surface area contributed by atoms with E-state index in [1.165, 1.54) is 10.4 Å².